The van der Waals surface area contributed by atoms with Gasteiger partial charge in [0.1, 0.15) is 0 Å². The van der Waals surface area contributed by atoms with Gasteiger partial charge in [-0.1, -0.05) is 56.7 Å². The van der Waals surface area contributed by atoms with Crippen molar-refractivity contribution in [3.63, 3.8) is 0 Å². The van der Waals surface area contributed by atoms with Gasteiger partial charge in [0.25, 0.3) is 0 Å². The van der Waals surface area contributed by atoms with Gasteiger partial charge in [-0.3, -0.25) is 4.99 Å². The molecule has 3 heteroatoms. The van der Waals surface area contributed by atoms with E-state index in [1.165, 1.54) is 5.56 Å². The second-order valence-corrected chi connectivity index (χ2v) is 6.19. The smallest absolute Gasteiger partial charge is 0.0702 e. The molecule has 0 amide bonds. The largest absolute Gasteiger partial charge is 0.292 e. The van der Waals surface area contributed by atoms with E-state index in [4.69, 9.17) is 23.8 Å². The molecule has 0 aliphatic rings. The standard InChI is InChI=1S/C14H18ClNS/c1-14(2,3)10-16-9-13(17)8-11-4-6-12(15)7-5-11/h4-7,10H,8-9H2,1-3H3. The quantitative estimate of drug-likeness (QED) is 0.583. The van der Waals surface area contributed by atoms with Crippen molar-refractivity contribution < 1.29 is 0 Å². The second kappa shape index (κ2) is 6.27. The molecule has 0 fully saturated rings. The summed E-state index contributed by atoms with van der Waals surface area (Å²) in [6.45, 7) is 6.99. The van der Waals surface area contributed by atoms with Crippen molar-refractivity contribution in [2.24, 2.45) is 10.4 Å². The SMILES string of the molecule is CC(C)(C)C=NCC(=S)Cc1ccc(Cl)cc1. The van der Waals surface area contributed by atoms with Gasteiger partial charge in [-0.15, -0.1) is 0 Å². The molecule has 0 spiro atoms. The highest BCUT2D eigenvalue weighted by atomic mass is 35.5. The van der Waals surface area contributed by atoms with Gasteiger partial charge in [-0.25, -0.2) is 0 Å². The third-order valence-electron chi connectivity index (χ3n) is 2.06. The Morgan fingerprint density at radius 1 is 1.29 bits per heavy atom. The molecule has 0 aliphatic heterocycles. The molecule has 1 nitrogen and oxygen atoms in total. The molecule has 92 valence electrons. The van der Waals surface area contributed by atoms with Crippen LogP contribution in [0, 0.1) is 5.41 Å². The van der Waals surface area contributed by atoms with Gasteiger partial charge in [-0.2, -0.15) is 0 Å². The summed E-state index contributed by atoms with van der Waals surface area (Å²) in [6.07, 6.45) is 2.75. The average Bonchev–Trinajstić information content (AvgIpc) is 2.19. The van der Waals surface area contributed by atoms with Crippen LogP contribution >= 0.6 is 23.8 Å². The molecule has 1 rings (SSSR count). The Kier molecular flexibility index (Phi) is 5.29. The van der Waals surface area contributed by atoms with Crippen LogP contribution in [0.2, 0.25) is 5.02 Å². The minimum atomic E-state index is 0.121. The van der Waals surface area contributed by atoms with E-state index in [2.05, 4.69) is 25.8 Å². The van der Waals surface area contributed by atoms with Gasteiger partial charge in [0, 0.05) is 22.5 Å². The summed E-state index contributed by atoms with van der Waals surface area (Å²) < 4.78 is 0. The summed E-state index contributed by atoms with van der Waals surface area (Å²) in [6, 6.07) is 7.78. The first-order chi connectivity index (χ1) is 7.87. The zero-order valence-electron chi connectivity index (χ0n) is 10.5. The number of hydrogen-bond acceptors (Lipinski definition) is 2. The molecule has 0 saturated heterocycles. The normalized spacial score (nSPS) is 12.0. The lowest BCUT2D eigenvalue weighted by Gasteiger charge is -2.10. The molecule has 0 bridgehead atoms. The van der Waals surface area contributed by atoms with E-state index in [-0.39, 0.29) is 5.41 Å². The third-order valence-corrected chi connectivity index (χ3v) is 2.59. The van der Waals surface area contributed by atoms with Gasteiger partial charge in [0.2, 0.25) is 0 Å². The summed E-state index contributed by atoms with van der Waals surface area (Å²) in [5.41, 5.74) is 1.31. The fraction of sp³-hybridized carbons (Fsp3) is 0.429. The van der Waals surface area contributed by atoms with Crippen LogP contribution in [0.4, 0.5) is 0 Å². The Morgan fingerprint density at radius 3 is 2.41 bits per heavy atom. The minimum absolute atomic E-state index is 0.121. The van der Waals surface area contributed by atoms with E-state index in [1.807, 2.05) is 30.5 Å². The summed E-state index contributed by atoms with van der Waals surface area (Å²) in [5.74, 6) is 0. The van der Waals surface area contributed by atoms with Crippen LogP contribution in [0.5, 0.6) is 0 Å². The van der Waals surface area contributed by atoms with E-state index >= 15 is 0 Å². The van der Waals surface area contributed by atoms with Gasteiger partial charge in [0.15, 0.2) is 0 Å². The highest BCUT2D eigenvalue weighted by Gasteiger charge is 2.05. The van der Waals surface area contributed by atoms with Gasteiger partial charge in [-0.05, 0) is 23.1 Å². The molecule has 1 aromatic carbocycles. The predicted molar refractivity (Wildman–Crippen MR) is 80.6 cm³/mol. The number of hydrogen-bond donors (Lipinski definition) is 0. The number of rotatable bonds is 4. The number of benzene rings is 1. The number of nitrogens with zero attached hydrogens (tertiary/aromatic N) is 1. The molecule has 0 atom stereocenters. The monoisotopic (exact) mass is 267 g/mol. The van der Waals surface area contributed by atoms with Crippen LogP contribution in [0.3, 0.4) is 0 Å². The van der Waals surface area contributed by atoms with E-state index in [0.717, 1.165) is 16.3 Å². The van der Waals surface area contributed by atoms with E-state index in [0.29, 0.717) is 6.54 Å². The molecule has 17 heavy (non-hydrogen) atoms. The first kappa shape index (κ1) is 14.3. The first-order valence-electron chi connectivity index (χ1n) is 5.64. The van der Waals surface area contributed by atoms with Crippen LogP contribution < -0.4 is 0 Å². The minimum Gasteiger partial charge on any atom is -0.292 e. The molecular weight excluding hydrogens is 250 g/mol. The van der Waals surface area contributed by atoms with Crippen molar-refractivity contribution in [1.82, 2.24) is 0 Å². The highest BCUT2D eigenvalue weighted by molar-refractivity contribution is 7.80. The molecule has 0 heterocycles. The molecule has 0 radical (unpaired) electrons. The van der Waals surface area contributed by atoms with Crippen molar-refractivity contribution in [3.05, 3.63) is 34.9 Å². The maximum atomic E-state index is 5.83. The Bertz CT molecular complexity index is 401. The number of thiocarbonyl (C=S) groups is 1. The summed E-state index contributed by atoms with van der Waals surface area (Å²) in [7, 11) is 0. The highest BCUT2D eigenvalue weighted by Crippen LogP contribution is 2.11. The molecule has 1 aromatic rings. The number of halogens is 1. The van der Waals surface area contributed by atoms with Gasteiger partial charge < -0.3 is 0 Å². The van der Waals surface area contributed by atoms with Gasteiger partial charge >= 0.3 is 0 Å². The fourth-order valence-corrected chi connectivity index (χ4v) is 1.67. The summed E-state index contributed by atoms with van der Waals surface area (Å²) >= 11 is 11.1. The summed E-state index contributed by atoms with van der Waals surface area (Å²) in [4.78, 5) is 5.32. The van der Waals surface area contributed by atoms with Crippen molar-refractivity contribution >= 4 is 34.9 Å². The lowest BCUT2D eigenvalue weighted by atomic mass is 9.99. The molecular formula is C14H18ClNS. The molecule has 0 aliphatic carbocycles. The van der Waals surface area contributed by atoms with Gasteiger partial charge in [0.05, 0.1) is 6.54 Å². The Balaban J connectivity index is 2.45. The van der Waals surface area contributed by atoms with Crippen LogP contribution in [0.25, 0.3) is 0 Å². The Hall–Kier alpha value is -0.730. The van der Waals surface area contributed by atoms with Crippen molar-refractivity contribution in [2.45, 2.75) is 27.2 Å². The van der Waals surface area contributed by atoms with Crippen molar-refractivity contribution in [2.75, 3.05) is 6.54 Å². The fourth-order valence-electron chi connectivity index (χ4n) is 1.31. The van der Waals surface area contributed by atoms with Crippen molar-refractivity contribution in [1.29, 1.82) is 0 Å². The summed E-state index contributed by atoms with van der Waals surface area (Å²) in [5, 5.41) is 0.755. The van der Waals surface area contributed by atoms with Crippen LogP contribution in [0.1, 0.15) is 26.3 Å². The van der Waals surface area contributed by atoms with E-state index in [1.54, 1.807) is 0 Å². The molecule has 0 aromatic heterocycles. The number of aliphatic imine (C=N–C) groups is 1. The van der Waals surface area contributed by atoms with Crippen molar-refractivity contribution in [3.8, 4) is 0 Å². The Labute approximate surface area is 114 Å². The first-order valence-corrected chi connectivity index (χ1v) is 6.42. The maximum Gasteiger partial charge on any atom is 0.0702 e. The maximum absolute atomic E-state index is 5.83. The zero-order valence-corrected chi connectivity index (χ0v) is 12.1. The molecule has 0 N–H and O–H groups in total. The van der Waals surface area contributed by atoms with E-state index in [9.17, 15) is 0 Å². The third kappa shape index (κ3) is 6.54. The van der Waals surface area contributed by atoms with E-state index < -0.39 is 0 Å². The second-order valence-electron chi connectivity index (χ2n) is 5.18. The lowest BCUT2D eigenvalue weighted by molar-refractivity contribution is 0.605. The molecule has 0 unspecified atom stereocenters. The average molecular weight is 268 g/mol. The topological polar surface area (TPSA) is 12.4 Å². The van der Waals surface area contributed by atoms with Crippen LogP contribution in [-0.4, -0.2) is 17.6 Å². The predicted octanol–water partition coefficient (Wildman–Crippen LogP) is 4.37. The zero-order chi connectivity index (χ0) is 12.9. The Morgan fingerprint density at radius 2 is 1.88 bits per heavy atom. The lowest BCUT2D eigenvalue weighted by Crippen LogP contribution is -2.09. The van der Waals surface area contributed by atoms with Crippen LogP contribution in [0.15, 0.2) is 29.3 Å². The van der Waals surface area contributed by atoms with Crippen LogP contribution in [-0.2, 0) is 6.42 Å². The molecule has 0 saturated carbocycles.